The fourth-order valence-corrected chi connectivity index (χ4v) is 2.89. The van der Waals surface area contributed by atoms with Crippen molar-refractivity contribution in [2.75, 3.05) is 18.0 Å². The van der Waals surface area contributed by atoms with E-state index >= 15 is 0 Å². The van der Waals surface area contributed by atoms with Crippen molar-refractivity contribution in [3.8, 4) is 0 Å². The molecule has 0 saturated carbocycles. The number of thiazole rings is 1. The Labute approximate surface area is 121 Å². The van der Waals surface area contributed by atoms with Crippen molar-refractivity contribution in [2.24, 2.45) is 0 Å². The number of halogens is 1. The number of nitrogens with zero attached hydrogens (tertiary/aromatic N) is 2. The molecule has 3 nitrogen and oxygen atoms in total. The predicted molar refractivity (Wildman–Crippen MR) is 80.6 cm³/mol. The lowest BCUT2D eigenvalue weighted by Crippen LogP contribution is -2.21. The molecule has 0 amide bonds. The summed E-state index contributed by atoms with van der Waals surface area (Å²) in [5, 5.41) is 1.52. The first-order chi connectivity index (χ1) is 9.15. The molecular weight excluding hydrogens is 280 g/mol. The Morgan fingerprint density at radius 3 is 2.47 bits per heavy atom. The molecule has 5 heteroatoms. The molecule has 1 aromatic carbocycles. The number of anilines is 1. The fraction of sp³-hybridized carbons (Fsp3) is 0.286. The van der Waals surface area contributed by atoms with Crippen LogP contribution < -0.4 is 4.90 Å². The first kappa shape index (κ1) is 14.0. The lowest BCUT2D eigenvalue weighted by molar-refractivity contribution is 0.104. The zero-order chi connectivity index (χ0) is 13.8. The number of carbonyl (C=O) groups excluding carboxylic acids is 1. The van der Waals surface area contributed by atoms with Crippen LogP contribution in [0.15, 0.2) is 30.5 Å². The van der Waals surface area contributed by atoms with Crippen molar-refractivity contribution in [1.29, 1.82) is 0 Å². The van der Waals surface area contributed by atoms with Crippen LogP contribution in [-0.4, -0.2) is 23.9 Å². The third-order valence-electron chi connectivity index (χ3n) is 2.86. The van der Waals surface area contributed by atoms with Crippen molar-refractivity contribution in [3.63, 3.8) is 0 Å². The minimum Gasteiger partial charge on any atom is -0.349 e. The van der Waals surface area contributed by atoms with Gasteiger partial charge in [0.2, 0.25) is 5.78 Å². The number of hydrogen-bond acceptors (Lipinski definition) is 4. The van der Waals surface area contributed by atoms with E-state index < -0.39 is 0 Å². The van der Waals surface area contributed by atoms with Crippen LogP contribution in [0, 0.1) is 0 Å². The highest BCUT2D eigenvalue weighted by Crippen LogP contribution is 2.24. The average molecular weight is 295 g/mol. The SMILES string of the molecule is CCN(CC)c1ncc(C(=O)c2ccc(Cl)cc2)s1. The van der Waals surface area contributed by atoms with E-state index in [0.717, 1.165) is 18.2 Å². The molecule has 0 radical (unpaired) electrons. The molecule has 0 atom stereocenters. The van der Waals surface area contributed by atoms with Crippen LogP contribution in [-0.2, 0) is 0 Å². The van der Waals surface area contributed by atoms with E-state index in [1.807, 2.05) is 0 Å². The van der Waals surface area contributed by atoms with E-state index in [-0.39, 0.29) is 5.78 Å². The van der Waals surface area contributed by atoms with Crippen LogP contribution in [0.25, 0.3) is 0 Å². The van der Waals surface area contributed by atoms with Crippen molar-refractivity contribution in [3.05, 3.63) is 45.9 Å². The van der Waals surface area contributed by atoms with Crippen LogP contribution >= 0.6 is 22.9 Å². The maximum atomic E-state index is 12.3. The monoisotopic (exact) mass is 294 g/mol. The predicted octanol–water partition coefficient (Wildman–Crippen LogP) is 3.87. The smallest absolute Gasteiger partial charge is 0.204 e. The van der Waals surface area contributed by atoms with Gasteiger partial charge in [0.15, 0.2) is 5.13 Å². The first-order valence-corrected chi connectivity index (χ1v) is 7.36. The summed E-state index contributed by atoms with van der Waals surface area (Å²) >= 11 is 7.25. The second kappa shape index (κ2) is 6.17. The van der Waals surface area contributed by atoms with Crippen LogP contribution in [0.5, 0.6) is 0 Å². The molecule has 19 heavy (non-hydrogen) atoms. The highest BCUT2D eigenvalue weighted by Gasteiger charge is 2.15. The first-order valence-electron chi connectivity index (χ1n) is 6.16. The molecule has 0 fully saturated rings. The number of aromatic nitrogens is 1. The summed E-state index contributed by atoms with van der Waals surface area (Å²) in [4.78, 5) is 19.4. The quantitative estimate of drug-likeness (QED) is 0.785. The van der Waals surface area contributed by atoms with Crippen LogP contribution in [0.3, 0.4) is 0 Å². The van der Waals surface area contributed by atoms with Crippen molar-refractivity contribution in [2.45, 2.75) is 13.8 Å². The molecule has 0 N–H and O–H groups in total. The normalized spacial score (nSPS) is 10.5. The molecule has 0 bridgehead atoms. The van der Waals surface area contributed by atoms with Gasteiger partial charge >= 0.3 is 0 Å². The summed E-state index contributed by atoms with van der Waals surface area (Å²) in [5.74, 6) is -0.00688. The van der Waals surface area contributed by atoms with Gasteiger partial charge in [-0.2, -0.15) is 0 Å². The topological polar surface area (TPSA) is 33.2 Å². The molecule has 2 rings (SSSR count). The third kappa shape index (κ3) is 3.14. The van der Waals surface area contributed by atoms with E-state index in [1.54, 1.807) is 30.5 Å². The second-order valence-corrected chi connectivity index (χ2v) is 5.46. The summed E-state index contributed by atoms with van der Waals surface area (Å²) in [6, 6.07) is 6.92. The Hall–Kier alpha value is -1.39. The van der Waals surface area contributed by atoms with Gasteiger partial charge in [-0.25, -0.2) is 4.98 Å². The van der Waals surface area contributed by atoms with Gasteiger partial charge in [-0.05, 0) is 38.1 Å². The molecule has 0 unspecified atom stereocenters. The maximum Gasteiger partial charge on any atom is 0.204 e. The largest absolute Gasteiger partial charge is 0.349 e. The van der Waals surface area contributed by atoms with Gasteiger partial charge in [0.05, 0.1) is 11.1 Å². The van der Waals surface area contributed by atoms with Crippen LogP contribution in [0.4, 0.5) is 5.13 Å². The van der Waals surface area contributed by atoms with Gasteiger partial charge < -0.3 is 4.90 Å². The van der Waals surface area contributed by atoms with E-state index in [9.17, 15) is 4.79 Å². The summed E-state index contributed by atoms with van der Waals surface area (Å²) < 4.78 is 0. The van der Waals surface area contributed by atoms with Crippen LogP contribution in [0.1, 0.15) is 29.1 Å². The van der Waals surface area contributed by atoms with Crippen LogP contribution in [0.2, 0.25) is 5.02 Å². The van der Waals surface area contributed by atoms with E-state index in [4.69, 9.17) is 11.6 Å². The van der Waals surface area contributed by atoms with Crippen molar-refractivity contribution in [1.82, 2.24) is 4.98 Å². The Morgan fingerprint density at radius 1 is 1.26 bits per heavy atom. The lowest BCUT2D eigenvalue weighted by atomic mass is 10.1. The molecule has 2 aromatic rings. The molecular formula is C14H15ClN2OS. The third-order valence-corrected chi connectivity index (χ3v) is 4.17. The summed E-state index contributed by atoms with van der Waals surface area (Å²) in [5.41, 5.74) is 0.638. The fourth-order valence-electron chi connectivity index (χ4n) is 1.75. The van der Waals surface area contributed by atoms with Gasteiger partial charge in [0.25, 0.3) is 0 Å². The van der Waals surface area contributed by atoms with Gasteiger partial charge in [0, 0.05) is 23.7 Å². The van der Waals surface area contributed by atoms with Gasteiger partial charge in [0.1, 0.15) is 0 Å². The van der Waals surface area contributed by atoms with Crippen molar-refractivity contribution < 1.29 is 4.79 Å². The summed E-state index contributed by atoms with van der Waals surface area (Å²) in [7, 11) is 0. The second-order valence-electron chi connectivity index (χ2n) is 4.02. The Bertz CT molecular complexity index is 561. The average Bonchev–Trinajstić information content (AvgIpc) is 2.90. The van der Waals surface area contributed by atoms with E-state index in [2.05, 4.69) is 23.7 Å². The summed E-state index contributed by atoms with van der Waals surface area (Å²) in [6.07, 6.45) is 1.65. The zero-order valence-electron chi connectivity index (χ0n) is 10.9. The highest BCUT2D eigenvalue weighted by molar-refractivity contribution is 7.17. The summed E-state index contributed by atoms with van der Waals surface area (Å²) in [6.45, 7) is 5.92. The number of ketones is 1. The van der Waals surface area contributed by atoms with Gasteiger partial charge in [-0.15, -0.1) is 0 Å². The molecule has 1 aromatic heterocycles. The zero-order valence-corrected chi connectivity index (χ0v) is 12.5. The minimum absolute atomic E-state index is 0.00688. The molecule has 1 heterocycles. The Morgan fingerprint density at radius 2 is 1.89 bits per heavy atom. The molecule has 0 saturated heterocycles. The molecule has 0 aliphatic rings. The number of benzene rings is 1. The molecule has 0 aliphatic heterocycles. The highest BCUT2D eigenvalue weighted by atomic mass is 35.5. The van der Waals surface area contributed by atoms with Gasteiger partial charge in [-0.3, -0.25) is 4.79 Å². The number of carbonyl (C=O) groups is 1. The van der Waals surface area contributed by atoms with E-state index in [0.29, 0.717) is 15.5 Å². The number of hydrogen-bond donors (Lipinski definition) is 0. The Kier molecular flexibility index (Phi) is 4.56. The van der Waals surface area contributed by atoms with E-state index in [1.165, 1.54) is 11.3 Å². The Balaban J connectivity index is 2.23. The minimum atomic E-state index is -0.00688. The van der Waals surface area contributed by atoms with Gasteiger partial charge in [-0.1, -0.05) is 22.9 Å². The standard InChI is InChI=1S/C14H15ClN2OS/c1-3-17(4-2)14-16-9-12(19-14)13(18)10-5-7-11(15)8-6-10/h5-9H,3-4H2,1-2H3. The lowest BCUT2D eigenvalue weighted by Gasteiger charge is -2.16. The molecule has 100 valence electrons. The maximum absolute atomic E-state index is 12.3. The molecule has 0 aliphatic carbocycles. The van der Waals surface area contributed by atoms with Crippen molar-refractivity contribution >= 4 is 33.9 Å². The number of rotatable bonds is 5. The molecule has 0 spiro atoms.